The first kappa shape index (κ1) is 29.2. The molecule has 6 heteroatoms. The van der Waals surface area contributed by atoms with Gasteiger partial charge in [0.25, 0.3) is 0 Å². The number of nitrogens with one attached hydrogen (secondary N) is 1. The van der Waals surface area contributed by atoms with Crippen LogP contribution in [0.15, 0.2) is 94.7 Å². The van der Waals surface area contributed by atoms with E-state index in [2.05, 4.69) is 18.6 Å². The summed E-state index contributed by atoms with van der Waals surface area (Å²) in [7, 11) is -1.55. The fourth-order valence-electron chi connectivity index (χ4n) is 4.38. The Labute approximate surface area is 229 Å². The minimum absolute atomic E-state index is 0.217. The molecule has 0 fully saturated rings. The summed E-state index contributed by atoms with van der Waals surface area (Å²) in [5, 5.41) is 0. The van der Waals surface area contributed by atoms with Gasteiger partial charge in [0.2, 0.25) is 0 Å². The fourth-order valence-corrected chi connectivity index (χ4v) is 6.68. The first-order valence-electron chi connectivity index (χ1n) is 12.7. The first-order valence-corrected chi connectivity index (χ1v) is 14.9. The smallest absolute Gasteiger partial charge is 0.312 e. The van der Waals surface area contributed by atoms with Crippen LogP contribution in [-0.4, -0.2) is 21.5 Å². The Bertz CT molecular complexity index is 1160. The Morgan fingerprint density at radius 3 is 2.03 bits per heavy atom. The number of hydrogen-bond acceptors (Lipinski definition) is 4. The Morgan fingerprint density at radius 2 is 1.49 bits per heavy atom. The molecule has 1 N–H and O–H groups in total. The van der Waals surface area contributed by atoms with Crippen molar-refractivity contribution in [2.75, 3.05) is 5.75 Å². The van der Waals surface area contributed by atoms with Crippen LogP contribution >= 0.6 is 11.8 Å². The van der Waals surface area contributed by atoms with Crippen LogP contribution in [0.3, 0.4) is 0 Å². The van der Waals surface area contributed by atoms with Gasteiger partial charge in [-0.1, -0.05) is 80.1 Å². The van der Waals surface area contributed by atoms with Gasteiger partial charge in [-0.15, -0.1) is 11.8 Å². The van der Waals surface area contributed by atoms with Crippen molar-refractivity contribution < 1.29 is 13.7 Å². The van der Waals surface area contributed by atoms with Gasteiger partial charge in [0.05, 0.1) is 16.4 Å². The predicted molar refractivity (Wildman–Crippen MR) is 155 cm³/mol. The molecule has 1 unspecified atom stereocenters. The maximum Gasteiger partial charge on any atom is 0.312 e. The third-order valence-corrected chi connectivity index (χ3v) is 8.33. The number of benzene rings is 3. The van der Waals surface area contributed by atoms with Gasteiger partial charge in [-0.05, 0) is 69.9 Å². The molecule has 0 spiro atoms. The molecule has 0 heterocycles. The Kier molecular flexibility index (Phi) is 10.2. The summed E-state index contributed by atoms with van der Waals surface area (Å²) in [5.41, 5.74) is 0.454. The second-order valence-electron chi connectivity index (χ2n) is 10.8. The van der Waals surface area contributed by atoms with Gasteiger partial charge < -0.3 is 4.74 Å². The van der Waals surface area contributed by atoms with Crippen molar-refractivity contribution >= 4 is 28.7 Å². The Hall–Kier alpha value is -2.41. The minimum Gasteiger partial charge on any atom is -0.460 e. The summed E-state index contributed by atoms with van der Waals surface area (Å²) in [6.07, 6.45) is 0.605. The van der Waals surface area contributed by atoms with Crippen molar-refractivity contribution in [1.29, 1.82) is 0 Å². The quantitative estimate of drug-likeness (QED) is 0.206. The molecule has 0 radical (unpaired) electrons. The molecule has 37 heavy (non-hydrogen) atoms. The largest absolute Gasteiger partial charge is 0.460 e. The van der Waals surface area contributed by atoms with E-state index < -0.39 is 28.0 Å². The maximum absolute atomic E-state index is 14.0. The fraction of sp³-hybridized carbons (Fsp3) is 0.387. The van der Waals surface area contributed by atoms with E-state index in [-0.39, 0.29) is 11.9 Å². The topological polar surface area (TPSA) is 55.4 Å². The van der Waals surface area contributed by atoms with Gasteiger partial charge in [0.15, 0.2) is 0 Å². The van der Waals surface area contributed by atoms with Gasteiger partial charge in [-0.2, -0.15) is 0 Å². The average molecular weight is 538 g/mol. The Balaban J connectivity index is 2.14. The van der Waals surface area contributed by atoms with Crippen LogP contribution in [0.2, 0.25) is 0 Å². The molecular weight excluding hydrogens is 498 g/mol. The number of carbonyl (C=O) groups is 1. The number of thioether (sulfide) groups is 1. The Morgan fingerprint density at radius 1 is 0.919 bits per heavy atom. The highest BCUT2D eigenvalue weighted by Gasteiger charge is 2.47. The summed E-state index contributed by atoms with van der Waals surface area (Å²) in [5.74, 6) is -0.210. The molecule has 0 aliphatic heterocycles. The summed E-state index contributed by atoms with van der Waals surface area (Å²) in [6.45, 7) is 11.9. The van der Waals surface area contributed by atoms with Crippen LogP contribution in [-0.2, 0) is 26.1 Å². The minimum atomic E-state index is -1.55. The standard InChI is InChI=1S/C31H39NO3S2/c1-23(2)21-31(25-13-9-7-10-14-25,32-37(34)27-19-17-24(3)18-20-27)28(29(33)35-30(4,5)6)22-36-26-15-11-8-12-16-26/h7-20,23,28,32H,21-22H2,1-6H3/t28-,31-,37?/m1/s1. The van der Waals surface area contributed by atoms with Crippen molar-refractivity contribution in [2.24, 2.45) is 11.8 Å². The number of hydrogen-bond donors (Lipinski definition) is 1. The van der Waals surface area contributed by atoms with Crippen molar-refractivity contribution in [3.05, 3.63) is 96.1 Å². The van der Waals surface area contributed by atoms with E-state index >= 15 is 0 Å². The molecule has 198 valence electrons. The lowest BCUT2D eigenvalue weighted by molar-refractivity contribution is -0.162. The summed E-state index contributed by atoms with van der Waals surface area (Å²) < 4.78 is 23.3. The number of carbonyl (C=O) groups excluding carboxylic acids is 1. The lowest BCUT2D eigenvalue weighted by Crippen LogP contribution is -2.54. The number of aryl methyl sites for hydroxylation is 1. The molecule has 3 aromatic carbocycles. The van der Waals surface area contributed by atoms with Crippen molar-refractivity contribution in [1.82, 2.24) is 4.72 Å². The highest BCUT2D eigenvalue weighted by molar-refractivity contribution is 7.99. The van der Waals surface area contributed by atoms with Crippen molar-refractivity contribution in [3.63, 3.8) is 0 Å². The van der Waals surface area contributed by atoms with E-state index in [9.17, 15) is 9.00 Å². The van der Waals surface area contributed by atoms with Crippen LogP contribution in [0.4, 0.5) is 0 Å². The molecule has 3 rings (SSSR count). The van der Waals surface area contributed by atoms with Crippen molar-refractivity contribution in [3.8, 4) is 0 Å². The molecule has 0 amide bonds. The zero-order valence-corrected chi connectivity index (χ0v) is 24.3. The highest BCUT2D eigenvalue weighted by Crippen LogP contribution is 2.41. The van der Waals surface area contributed by atoms with E-state index in [1.165, 1.54) is 0 Å². The van der Waals surface area contributed by atoms with E-state index in [0.717, 1.165) is 16.0 Å². The van der Waals surface area contributed by atoms with Crippen LogP contribution in [0.5, 0.6) is 0 Å². The van der Waals surface area contributed by atoms with E-state index in [0.29, 0.717) is 17.1 Å². The van der Waals surface area contributed by atoms with Crippen LogP contribution in [0.1, 0.15) is 52.2 Å². The van der Waals surface area contributed by atoms with Gasteiger partial charge in [-0.25, -0.2) is 8.93 Å². The first-order chi connectivity index (χ1) is 17.5. The third-order valence-electron chi connectivity index (χ3n) is 5.98. The average Bonchev–Trinajstić information content (AvgIpc) is 2.84. The lowest BCUT2D eigenvalue weighted by Gasteiger charge is -2.42. The summed E-state index contributed by atoms with van der Waals surface area (Å²) >= 11 is 1.62. The number of esters is 1. The monoisotopic (exact) mass is 537 g/mol. The van der Waals surface area contributed by atoms with E-state index in [1.54, 1.807) is 11.8 Å². The van der Waals surface area contributed by atoms with Crippen LogP contribution in [0.25, 0.3) is 0 Å². The lowest BCUT2D eigenvalue weighted by atomic mass is 9.74. The van der Waals surface area contributed by atoms with Gasteiger partial charge in [-0.3, -0.25) is 4.79 Å². The normalized spacial score (nSPS) is 15.1. The summed E-state index contributed by atoms with van der Waals surface area (Å²) in [4.78, 5) is 15.7. The maximum atomic E-state index is 14.0. The van der Waals surface area contributed by atoms with Gasteiger partial charge in [0, 0.05) is 10.6 Å². The summed E-state index contributed by atoms with van der Waals surface area (Å²) in [6, 6.07) is 27.7. The zero-order chi connectivity index (χ0) is 27.1. The molecule has 0 bridgehead atoms. The zero-order valence-electron chi connectivity index (χ0n) is 22.7. The second-order valence-corrected chi connectivity index (χ2v) is 13.1. The molecule has 0 aromatic heterocycles. The van der Waals surface area contributed by atoms with E-state index in [1.807, 2.05) is 113 Å². The molecule has 3 aromatic rings. The van der Waals surface area contributed by atoms with Crippen LogP contribution < -0.4 is 4.72 Å². The predicted octanol–water partition coefficient (Wildman–Crippen LogP) is 7.30. The van der Waals surface area contributed by atoms with Crippen molar-refractivity contribution in [2.45, 2.75) is 68.9 Å². The van der Waals surface area contributed by atoms with Gasteiger partial charge >= 0.3 is 5.97 Å². The SMILES string of the molecule is Cc1ccc(S(=O)N[C@](CC(C)C)(c2ccccc2)[C@H](CSc2ccccc2)C(=O)OC(C)(C)C)cc1. The number of rotatable bonds is 11. The molecular formula is C31H39NO3S2. The third kappa shape index (κ3) is 8.29. The highest BCUT2D eigenvalue weighted by atomic mass is 32.2. The molecule has 0 aliphatic carbocycles. The molecule has 4 nitrogen and oxygen atoms in total. The molecule has 0 aliphatic rings. The second kappa shape index (κ2) is 12.9. The molecule has 3 atom stereocenters. The van der Waals surface area contributed by atoms with E-state index in [4.69, 9.17) is 4.74 Å². The van der Waals surface area contributed by atoms with Gasteiger partial charge in [0.1, 0.15) is 16.6 Å². The number of ether oxygens (including phenoxy) is 1. The molecule has 0 saturated carbocycles. The van der Waals surface area contributed by atoms with Crippen LogP contribution in [0, 0.1) is 18.8 Å². The molecule has 0 saturated heterocycles.